The van der Waals surface area contributed by atoms with Gasteiger partial charge in [0.2, 0.25) is 0 Å². The molecule has 5 nitrogen and oxygen atoms in total. The number of halogens is 1. The Morgan fingerprint density at radius 2 is 1.74 bits per heavy atom. The standard InChI is InChI=1S/C13H11FN2O3/c1-8(17)11-7-15(2)13(19)16(12(11)18)10-5-3-9(14)4-6-10/h3-7H,1-2H3. The molecule has 19 heavy (non-hydrogen) atoms. The number of rotatable bonds is 2. The van der Waals surface area contributed by atoms with Gasteiger partial charge >= 0.3 is 5.69 Å². The molecule has 0 radical (unpaired) electrons. The van der Waals surface area contributed by atoms with E-state index < -0.39 is 22.8 Å². The first-order valence-electron chi connectivity index (χ1n) is 5.51. The molecule has 1 heterocycles. The van der Waals surface area contributed by atoms with Crippen molar-refractivity contribution in [1.29, 1.82) is 0 Å². The second-order valence-corrected chi connectivity index (χ2v) is 4.11. The van der Waals surface area contributed by atoms with Crippen LogP contribution in [0.25, 0.3) is 5.69 Å². The first-order valence-corrected chi connectivity index (χ1v) is 5.51. The molecular weight excluding hydrogens is 251 g/mol. The normalized spacial score (nSPS) is 10.5. The third kappa shape index (κ3) is 2.24. The average molecular weight is 262 g/mol. The lowest BCUT2D eigenvalue weighted by Gasteiger charge is -2.08. The van der Waals surface area contributed by atoms with Crippen molar-refractivity contribution in [2.75, 3.05) is 0 Å². The fraction of sp³-hybridized carbons (Fsp3) is 0.154. The molecule has 0 saturated heterocycles. The highest BCUT2D eigenvalue weighted by atomic mass is 19.1. The lowest BCUT2D eigenvalue weighted by Crippen LogP contribution is -2.40. The monoisotopic (exact) mass is 262 g/mol. The summed E-state index contributed by atoms with van der Waals surface area (Å²) in [4.78, 5) is 35.5. The highest BCUT2D eigenvalue weighted by Gasteiger charge is 2.14. The maximum atomic E-state index is 12.9. The number of carbonyl (C=O) groups is 1. The molecule has 0 amide bonds. The third-order valence-electron chi connectivity index (χ3n) is 2.71. The molecule has 0 bridgehead atoms. The van der Waals surface area contributed by atoms with Crippen LogP contribution in [-0.4, -0.2) is 14.9 Å². The summed E-state index contributed by atoms with van der Waals surface area (Å²) >= 11 is 0. The van der Waals surface area contributed by atoms with Gasteiger partial charge in [-0.25, -0.2) is 13.8 Å². The van der Waals surface area contributed by atoms with Crippen LogP contribution in [0.2, 0.25) is 0 Å². The number of aryl methyl sites for hydroxylation is 1. The summed E-state index contributed by atoms with van der Waals surface area (Å²) in [6.07, 6.45) is 1.20. The molecule has 0 aliphatic heterocycles. The van der Waals surface area contributed by atoms with Crippen molar-refractivity contribution >= 4 is 5.78 Å². The van der Waals surface area contributed by atoms with Crippen LogP contribution in [0.1, 0.15) is 17.3 Å². The Morgan fingerprint density at radius 3 is 2.26 bits per heavy atom. The summed E-state index contributed by atoms with van der Waals surface area (Å²) in [6.45, 7) is 1.25. The van der Waals surface area contributed by atoms with Crippen LogP contribution in [0, 0.1) is 5.82 Å². The van der Waals surface area contributed by atoms with Crippen LogP contribution >= 0.6 is 0 Å². The molecule has 0 saturated carbocycles. The quantitative estimate of drug-likeness (QED) is 0.755. The molecule has 0 aliphatic rings. The molecule has 0 spiro atoms. The van der Waals surface area contributed by atoms with Crippen LogP contribution in [0.5, 0.6) is 0 Å². The molecule has 0 N–H and O–H groups in total. The minimum atomic E-state index is -0.706. The van der Waals surface area contributed by atoms with Crippen molar-refractivity contribution in [3.05, 3.63) is 62.7 Å². The van der Waals surface area contributed by atoms with Crippen LogP contribution in [0.15, 0.2) is 40.1 Å². The Kier molecular flexibility index (Phi) is 3.16. The minimum absolute atomic E-state index is 0.0913. The molecule has 0 atom stereocenters. The van der Waals surface area contributed by atoms with E-state index in [0.717, 1.165) is 21.3 Å². The zero-order chi connectivity index (χ0) is 14.2. The first-order chi connectivity index (χ1) is 8.91. The zero-order valence-electron chi connectivity index (χ0n) is 10.4. The molecule has 0 unspecified atom stereocenters. The second kappa shape index (κ2) is 4.64. The SMILES string of the molecule is CC(=O)c1cn(C)c(=O)n(-c2ccc(F)cc2)c1=O. The fourth-order valence-corrected chi connectivity index (χ4v) is 1.73. The average Bonchev–Trinajstić information content (AvgIpc) is 2.36. The molecule has 6 heteroatoms. The predicted octanol–water partition coefficient (Wildman–Crippen LogP) is 0.878. The summed E-state index contributed by atoms with van der Waals surface area (Å²) in [5, 5.41) is 0. The van der Waals surface area contributed by atoms with Gasteiger partial charge in [0.1, 0.15) is 5.82 Å². The van der Waals surface area contributed by atoms with E-state index in [4.69, 9.17) is 0 Å². The van der Waals surface area contributed by atoms with Gasteiger partial charge in [0.05, 0.1) is 11.3 Å². The minimum Gasteiger partial charge on any atom is -0.302 e. The number of hydrogen-bond donors (Lipinski definition) is 0. The van der Waals surface area contributed by atoms with E-state index >= 15 is 0 Å². The number of carbonyl (C=O) groups excluding carboxylic acids is 1. The first kappa shape index (κ1) is 12.9. The third-order valence-corrected chi connectivity index (χ3v) is 2.71. The van der Waals surface area contributed by atoms with Crippen molar-refractivity contribution < 1.29 is 9.18 Å². The van der Waals surface area contributed by atoms with Crippen molar-refractivity contribution in [3.8, 4) is 5.69 Å². The summed E-state index contributed by atoms with van der Waals surface area (Å²) in [5.41, 5.74) is -1.18. The van der Waals surface area contributed by atoms with Crippen LogP contribution in [0.3, 0.4) is 0 Å². The van der Waals surface area contributed by atoms with Gasteiger partial charge in [0.15, 0.2) is 5.78 Å². The van der Waals surface area contributed by atoms with Crippen molar-refractivity contribution in [2.45, 2.75) is 6.92 Å². The maximum absolute atomic E-state index is 12.9. The molecule has 1 aromatic heterocycles. The van der Waals surface area contributed by atoms with Gasteiger partial charge in [-0.1, -0.05) is 0 Å². The summed E-state index contributed by atoms with van der Waals surface area (Å²) in [7, 11) is 1.44. The molecular formula is C13H11FN2O3. The van der Waals surface area contributed by atoms with Gasteiger partial charge in [-0.3, -0.25) is 9.59 Å². The van der Waals surface area contributed by atoms with Crippen molar-refractivity contribution in [2.24, 2.45) is 7.05 Å². The van der Waals surface area contributed by atoms with E-state index in [1.165, 1.54) is 32.3 Å². The Morgan fingerprint density at radius 1 is 1.16 bits per heavy atom. The number of nitrogens with zero attached hydrogens (tertiary/aromatic N) is 2. The van der Waals surface area contributed by atoms with Gasteiger partial charge in [0.25, 0.3) is 5.56 Å². The van der Waals surface area contributed by atoms with Crippen LogP contribution in [-0.2, 0) is 7.05 Å². The summed E-state index contributed by atoms with van der Waals surface area (Å²) in [6, 6.07) is 4.90. The van der Waals surface area contributed by atoms with Gasteiger partial charge in [-0.15, -0.1) is 0 Å². The Labute approximate surface area is 107 Å². The summed E-state index contributed by atoms with van der Waals surface area (Å²) < 4.78 is 14.8. The highest BCUT2D eigenvalue weighted by Crippen LogP contribution is 2.05. The van der Waals surface area contributed by atoms with Crippen LogP contribution in [0.4, 0.5) is 4.39 Å². The number of ketones is 1. The van der Waals surface area contributed by atoms with E-state index in [-0.39, 0.29) is 11.3 Å². The molecule has 2 rings (SSSR count). The van der Waals surface area contributed by atoms with Crippen LogP contribution < -0.4 is 11.2 Å². The zero-order valence-corrected chi connectivity index (χ0v) is 10.4. The molecule has 0 fully saturated rings. The van der Waals surface area contributed by atoms with E-state index in [0.29, 0.717) is 0 Å². The number of hydrogen-bond acceptors (Lipinski definition) is 3. The predicted molar refractivity (Wildman–Crippen MR) is 67.2 cm³/mol. The number of benzene rings is 1. The topological polar surface area (TPSA) is 61.1 Å². The molecule has 0 aliphatic carbocycles. The van der Waals surface area contributed by atoms with Gasteiger partial charge in [-0.2, -0.15) is 0 Å². The van der Waals surface area contributed by atoms with E-state index in [1.807, 2.05) is 0 Å². The smallest absolute Gasteiger partial charge is 0.302 e. The molecule has 2 aromatic rings. The van der Waals surface area contributed by atoms with E-state index in [1.54, 1.807) is 0 Å². The molecule has 1 aromatic carbocycles. The van der Waals surface area contributed by atoms with Crippen molar-refractivity contribution in [1.82, 2.24) is 9.13 Å². The van der Waals surface area contributed by atoms with E-state index in [2.05, 4.69) is 0 Å². The lowest BCUT2D eigenvalue weighted by atomic mass is 10.2. The number of Topliss-reactive ketones (excluding diaryl/α,β-unsaturated/α-hetero) is 1. The largest absolute Gasteiger partial charge is 0.335 e. The Hall–Kier alpha value is -2.50. The van der Waals surface area contributed by atoms with Gasteiger partial charge in [0, 0.05) is 13.2 Å². The second-order valence-electron chi connectivity index (χ2n) is 4.11. The van der Waals surface area contributed by atoms with Crippen molar-refractivity contribution in [3.63, 3.8) is 0 Å². The Bertz CT molecular complexity index is 757. The van der Waals surface area contributed by atoms with E-state index in [9.17, 15) is 18.8 Å². The fourth-order valence-electron chi connectivity index (χ4n) is 1.73. The van der Waals surface area contributed by atoms with Gasteiger partial charge in [-0.05, 0) is 31.2 Å². The van der Waals surface area contributed by atoms with Gasteiger partial charge < -0.3 is 4.57 Å². The number of aromatic nitrogens is 2. The lowest BCUT2D eigenvalue weighted by molar-refractivity contribution is 0.101. The Balaban J connectivity index is 2.83. The summed E-state index contributed by atoms with van der Waals surface area (Å²) in [5.74, 6) is -0.909. The molecule has 98 valence electrons. The highest BCUT2D eigenvalue weighted by molar-refractivity contribution is 5.93. The maximum Gasteiger partial charge on any atom is 0.335 e.